The molecule has 0 fully saturated rings. The number of thiazole rings is 1. The first-order valence-corrected chi connectivity index (χ1v) is 6.16. The van der Waals surface area contributed by atoms with Crippen LogP contribution in [0.3, 0.4) is 0 Å². The van der Waals surface area contributed by atoms with Crippen LogP contribution in [0.25, 0.3) is 0 Å². The fourth-order valence-electron chi connectivity index (χ4n) is 0.871. The molecule has 0 amide bonds. The molecular weight excluding hydrogens is 234 g/mol. The summed E-state index contributed by atoms with van der Waals surface area (Å²) < 4.78 is 0. The van der Waals surface area contributed by atoms with E-state index in [-0.39, 0.29) is 0 Å². The van der Waals surface area contributed by atoms with E-state index in [1.165, 1.54) is 10.7 Å². The summed E-state index contributed by atoms with van der Waals surface area (Å²) in [6, 6.07) is 0. The van der Waals surface area contributed by atoms with E-state index in [1.54, 1.807) is 11.3 Å². The zero-order valence-electron chi connectivity index (χ0n) is 7.67. The van der Waals surface area contributed by atoms with E-state index in [9.17, 15) is 0 Å². The summed E-state index contributed by atoms with van der Waals surface area (Å²) in [6.45, 7) is 6.55. The van der Waals surface area contributed by atoms with Crippen LogP contribution in [0.4, 0.5) is 0 Å². The number of hydrogen-bond donors (Lipinski definition) is 0. The van der Waals surface area contributed by atoms with Crippen LogP contribution in [0.5, 0.6) is 0 Å². The van der Waals surface area contributed by atoms with Gasteiger partial charge in [-0.15, -0.1) is 11.3 Å². The molecule has 1 aromatic heterocycles. The predicted molar refractivity (Wildman–Crippen MR) is 58.4 cm³/mol. The highest BCUT2D eigenvalue weighted by Gasteiger charge is 2.10. The van der Waals surface area contributed by atoms with Gasteiger partial charge in [-0.2, -0.15) is 0 Å². The van der Waals surface area contributed by atoms with Crippen LogP contribution < -0.4 is 0 Å². The summed E-state index contributed by atoms with van der Waals surface area (Å²) in [6.07, 6.45) is 0. The number of nitrogens with zero attached hydrogens (tertiary/aromatic N) is 1. The van der Waals surface area contributed by atoms with Crippen LogP contribution in [0.15, 0.2) is 5.38 Å². The monoisotopic (exact) mass is 247 g/mol. The molecule has 1 heterocycles. The largest absolute Gasteiger partial charge is 0.246 e. The van der Waals surface area contributed by atoms with Gasteiger partial charge in [0.15, 0.2) is 0 Å². The summed E-state index contributed by atoms with van der Waals surface area (Å²) in [5, 5.41) is 4.41. The van der Waals surface area contributed by atoms with Gasteiger partial charge in [0.05, 0.1) is 10.7 Å². The van der Waals surface area contributed by atoms with Gasteiger partial charge in [0.2, 0.25) is 0 Å². The van der Waals surface area contributed by atoms with E-state index in [1.807, 2.05) is 0 Å². The molecule has 1 atom stereocenters. The molecule has 0 saturated carbocycles. The first-order chi connectivity index (χ1) is 5.65. The van der Waals surface area contributed by atoms with Crippen LogP contribution in [0, 0.1) is 0 Å². The third-order valence-corrected chi connectivity index (χ3v) is 3.90. The van der Waals surface area contributed by atoms with Crippen molar-refractivity contribution in [2.45, 2.75) is 32.6 Å². The van der Waals surface area contributed by atoms with Crippen molar-refractivity contribution in [3.05, 3.63) is 16.1 Å². The Labute approximate surface area is 86.3 Å². The van der Waals surface area contributed by atoms with Crippen molar-refractivity contribution < 1.29 is 0 Å². The summed E-state index contributed by atoms with van der Waals surface area (Å²) in [5.41, 5.74) is 1.22. The van der Waals surface area contributed by atoms with Gasteiger partial charge in [0.25, 0.3) is 0 Å². The number of alkyl halides is 1. The molecule has 1 unspecified atom stereocenters. The molecule has 0 aliphatic carbocycles. The van der Waals surface area contributed by atoms with Crippen molar-refractivity contribution in [2.24, 2.45) is 0 Å². The van der Waals surface area contributed by atoms with E-state index in [2.05, 4.69) is 47.1 Å². The van der Waals surface area contributed by atoms with Crippen LogP contribution >= 0.6 is 27.3 Å². The van der Waals surface area contributed by atoms with E-state index < -0.39 is 0 Å². The van der Waals surface area contributed by atoms with Crippen LogP contribution in [-0.2, 0) is 0 Å². The van der Waals surface area contributed by atoms with Gasteiger partial charge in [-0.1, -0.05) is 36.7 Å². The minimum atomic E-state index is 0.536. The molecular formula is C9H14BrNS. The smallest absolute Gasteiger partial charge is 0.0953 e. The lowest BCUT2D eigenvalue weighted by Crippen LogP contribution is -1.95. The lowest BCUT2D eigenvalue weighted by Gasteiger charge is -2.02. The van der Waals surface area contributed by atoms with E-state index >= 15 is 0 Å². The van der Waals surface area contributed by atoms with E-state index in [0.29, 0.717) is 11.8 Å². The second kappa shape index (κ2) is 4.38. The minimum absolute atomic E-state index is 0.536. The Morgan fingerprint density at radius 2 is 2.17 bits per heavy atom. The molecule has 0 aromatic carbocycles. The summed E-state index contributed by atoms with van der Waals surface area (Å²) >= 11 is 5.23. The van der Waals surface area contributed by atoms with Gasteiger partial charge in [0, 0.05) is 22.5 Å². The third-order valence-electron chi connectivity index (χ3n) is 1.77. The molecule has 0 spiro atoms. The highest BCUT2D eigenvalue weighted by molar-refractivity contribution is 9.09. The Balaban J connectivity index is 2.77. The van der Waals surface area contributed by atoms with E-state index in [0.717, 1.165) is 5.33 Å². The fourth-order valence-corrected chi connectivity index (χ4v) is 2.16. The maximum Gasteiger partial charge on any atom is 0.0953 e. The molecule has 0 bridgehead atoms. The van der Waals surface area contributed by atoms with Crippen LogP contribution in [0.2, 0.25) is 0 Å². The highest BCUT2D eigenvalue weighted by Crippen LogP contribution is 2.24. The van der Waals surface area contributed by atoms with Gasteiger partial charge >= 0.3 is 0 Å². The third kappa shape index (κ3) is 2.30. The fraction of sp³-hybridized carbons (Fsp3) is 0.667. The summed E-state index contributed by atoms with van der Waals surface area (Å²) in [7, 11) is 0. The van der Waals surface area contributed by atoms with Crippen molar-refractivity contribution in [1.29, 1.82) is 0 Å². The summed E-state index contributed by atoms with van der Waals surface area (Å²) in [5.74, 6) is 1.10. The van der Waals surface area contributed by atoms with Gasteiger partial charge < -0.3 is 0 Å². The molecule has 0 aliphatic rings. The van der Waals surface area contributed by atoms with Crippen LogP contribution in [0.1, 0.15) is 43.3 Å². The molecule has 0 saturated heterocycles. The Hall–Kier alpha value is 0.110. The molecule has 1 nitrogen and oxygen atoms in total. The van der Waals surface area contributed by atoms with Crippen molar-refractivity contribution in [1.82, 2.24) is 4.98 Å². The lowest BCUT2D eigenvalue weighted by atomic mass is 10.1. The first kappa shape index (κ1) is 10.2. The molecule has 1 rings (SSSR count). The van der Waals surface area contributed by atoms with Crippen molar-refractivity contribution >= 4 is 27.3 Å². The zero-order valence-corrected chi connectivity index (χ0v) is 10.1. The minimum Gasteiger partial charge on any atom is -0.246 e. The Morgan fingerprint density at radius 3 is 2.58 bits per heavy atom. The highest BCUT2D eigenvalue weighted by atomic mass is 79.9. The standard InChI is InChI=1S/C9H14BrNS/c1-6(2)9-11-8(5-12-9)7(3)4-10/h5-7H,4H2,1-3H3. The van der Waals surface area contributed by atoms with Crippen LogP contribution in [-0.4, -0.2) is 10.3 Å². The maximum atomic E-state index is 4.57. The van der Waals surface area contributed by atoms with Gasteiger partial charge in [0.1, 0.15) is 0 Å². The molecule has 0 radical (unpaired) electrons. The number of rotatable bonds is 3. The maximum absolute atomic E-state index is 4.57. The van der Waals surface area contributed by atoms with E-state index in [4.69, 9.17) is 0 Å². The molecule has 1 aromatic rings. The van der Waals surface area contributed by atoms with Crippen molar-refractivity contribution in [3.63, 3.8) is 0 Å². The number of hydrogen-bond acceptors (Lipinski definition) is 2. The van der Waals surface area contributed by atoms with Gasteiger partial charge in [-0.3, -0.25) is 0 Å². The normalized spacial score (nSPS) is 13.8. The topological polar surface area (TPSA) is 12.9 Å². The second-order valence-electron chi connectivity index (χ2n) is 3.32. The van der Waals surface area contributed by atoms with Crippen molar-refractivity contribution in [3.8, 4) is 0 Å². The molecule has 3 heteroatoms. The van der Waals surface area contributed by atoms with Crippen molar-refractivity contribution in [2.75, 3.05) is 5.33 Å². The average Bonchev–Trinajstić information content (AvgIpc) is 2.51. The first-order valence-electron chi connectivity index (χ1n) is 4.16. The molecule has 68 valence electrons. The molecule has 0 N–H and O–H groups in total. The SMILES string of the molecule is CC(C)c1nc(C(C)CBr)cs1. The lowest BCUT2D eigenvalue weighted by molar-refractivity contribution is 0.802. The molecule has 0 aliphatic heterocycles. The van der Waals surface area contributed by atoms with Gasteiger partial charge in [-0.25, -0.2) is 4.98 Å². The second-order valence-corrected chi connectivity index (χ2v) is 4.86. The Kier molecular flexibility index (Phi) is 3.72. The van der Waals surface area contributed by atoms with Gasteiger partial charge in [-0.05, 0) is 0 Å². The quantitative estimate of drug-likeness (QED) is 0.742. The molecule has 12 heavy (non-hydrogen) atoms. The Bertz CT molecular complexity index is 244. The predicted octanol–water partition coefficient (Wildman–Crippen LogP) is 3.76. The average molecular weight is 248 g/mol. The number of aromatic nitrogens is 1. The summed E-state index contributed by atoms with van der Waals surface area (Å²) in [4.78, 5) is 4.57. The Morgan fingerprint density at radius 1 is 1.50 bits per heavy atom. The zero-order chi connectivity index (χ0) is 9.14. The number of halogens is 1.